The molecule has 1 fully saturated rings. The third kappa shape index (κ3) is 2.96. The Bertz CT molecular complexity index is 136. The number of rotatable bonds is 5. The molecule has 0 aromatic heterocycles. The Balaban J connectivity index is 2.42. The number of hydrogen-bond acceptors (Lipinski definition) is 2. The number of nitrogens with two attached hydrogens (primary N) is 1. The van der Waals surface area contributed by atoms with Gasteiger partial charge in [0.2, 0.25) is 0 Å². The van der Waals surface area contributed by atoms with Crippen molar-refractivity contribution < 1.29 is 0 Å². The van der Waals surface area contributed by atoms with Crippen molar-refractivity contribution in [1.29, 1.82) is 0 Å². The Hall–Kier alpha value is -0.0800. The van der Waals surface area contributed by atoms with Crippen molar-refractivity contribution in [2.24, 2.45) is 11.7 Å². The zero-order valence-corrected chi connectivity index (χ0v) is 9.29. The number of nitrogens with zero attached hydrogens (tertiary/aromatic N) is 1. The molecule has 13 heavy (non-hydrogen) atoms. The second-order valence-corrected chi connectivity index (χ2v) is 4.76. The minimum atomic E-state index is 0.563. The van der Waals surface area contributed by atoms with Crippen LogP contribution in [0.25, 0.3) is 0 Å². The Morgan fingerprint density at radius 3 is 2.23 bits per heavy atom. The fourth-order valence-corrected chi connectivity index (χ4v) is 1.96. The van der Waals surface area contributed by atoms with Gasteiger partial charge in [0.1, 0.15) is 0 Å². The molecular formula is C11H24N2. The van der Waals surface area contributed by atoms with Gasteiger partial charge in [-0.1, -0.05) is 20.3 Å². The molecule has 0 bridgehead atoms. The van der Waals surface area contributed by atoms with Crippen LogP contribution in [0.1, 0.15) is 40.0 Å². The second-order valence-electron chi connectivity index (χ2n) is 4.76. The first-order valence-electron chi connectivity index (χ1n) is 5.61. The van der Waals surface area contributed by atoms with E-state index in [0.29, 0.717) is 6.04 Å². The molecule has 2 heteroatoms. The SMILES string of the molecule is CC(C)CN(C(C)CN)C1CCC1. The summed E-state index contributed by atoms with van der Waals surface area (Å²) in [7, 11) is 0. The molecule has 1 aliphatic carbocycles. The molecule has 1 unspecified atom stereocenters. The highest BCUT2D eigenvalue weighted by Crippen LogP contribution is 2.26. The predicted molar refractivity (Wildman–Crippen MR) is 57.7 cm³/mol. The lowest BCUT2D eigenvalue weighted by atomic mass is 9.89. The van der Waals surface area contributed by atoms with Crippen molar-refractivity contribution in [3.05, 3.63) is 0 Å². The maximum absolute atomic E-state index is 5.72. The topological polar surface area (TPSA) is 29.3 Å². The molecule has 1 saturated carbocycles. The summed E-state index contributed by atoms with van der Waals surface area (Å²) in [5.74, 6) is 0.759. The van der Waals surface area contributed by atoms with Crippen LogP contribution >= 0.6 is 0 Å². The van der Waals surface area contributed by atoms with Crippen molar-refractivity contribution in [1.82, 2.24) is 4.90 Å². The highest BCUT2D eigenvalue weighted by atomic mass is 15.2. The monoisotopic (exact) mass is 184 g/mol. The van der Waals surface area contributed by atoms with Crippen molar-refractivity contribution in [2.75, 3.05) is 13.1 Å². The fourth-order valence-electron chi connectivity index (χ4n) is 1.96. The van der Waals surface area contributed by atoms with Crippen LogP contribution < -0.4 is 5.73 Å². The smallest absolute Gasteiger partial charge is 0.0193 e. The van der Waals surface area contributed by atoms with Gasteiger partial charge in [0.05, 0.1) is 0 Å². The summed E-state index contributed by atoms with van der Waals surface area (Å²) in [6, 6.07) is 1.40. The van der Waals surface area contributed by atoms with Crippen molar-refractivity contribution in [2.45, 2.75) is 52.1 Å². The molecule has 0 heterocycles. The van der Waals surface area contributed by atoms with E-state index in [4.69, 9.17) is 5.73 Å². The van der Waals surface area contributed by atoms with Crippen molar-refractivity contribution in [3.8, 4) is 0 Å². The maximum atomic E-state index is 5.72. The molecule has 0 aromatic carbocycles. The molecule has 1 aliphatic rings. The third-order valence-electron chi connectivity index (χ3n) is 3.03. The van der Waals surface area contributed by atoms with Crippen LogP contribution in [0.15, 0.2) is 0 Å². The average molecular weight is 184 g/mol. The average Bonchev–Trinajstić information content (AvgIpc) is 1.98. The largest absolute Gasteiger partial charge is 0.329 e. The molecule has 2 nitrogen and oxygen atoms in total. The fraction of sp³-hybridized carbons (Fsp3) is 1.00. The highest BCUT2D eigenvalue weighted by Gasteiger charge is 2.27. The van der Waals surface area contributed by atoms with Gasteiger partial charge in [0.25, 0.3) is 0 Å². The van der Waals surface area contributed by atoms with E-state index >= 15 is 0 Å². The Morgan fingerprint density at radius 2 is 1.92 bits per heavy atom. The summed E-state index contributed by atoms with van der Waals surface area (Å²) in [4.78, 5) is 2.61. The summed E-state index contributed by atoms with van der Waals surface area (Å²) in [5, 5.41) is 0. The van der Waals surface area contributed by atoms with Gasteiger partial charge in [0.15, 0.2) is 0 Å². The first-order valence-corrected chi connectivity index (χ1v) is 5.61. The third-order valence-corrected chi connectivity index (χ3v) is 3.03. The van der Waals surface area contributed by atoms with Gasteiger partial charge < -0.3 is 5.73 Å². The molecular weight excluding hydrogens is 160 g/mol. The minimum absolute atomic E-state index is 0.563. The lowest BCUT2D eigenvalue weighted by Gasteiger charge is -2.42. The summed E-state index contributed by atoms with van der Waals surface area (Å²) >= 11 is 0. The molecule has 1 atom stereocenters. The van der Waals surface area contributed by atoms with Crippen LogP contribution in [0, 0.1) is 5.92 Å². The van der Waals surface area contributed by atoms with Crippen LogP contribution in [-0.4, -0.2) is 30.1 Å². The number of hydrogen-bond donors (Lipinski definition) is 1. The van der Waals surface area contributed by atoms with Gasteiger partial charge >= 0.3 is 0 Å². The molecule has 78 valence electrons. The minimum Gasteiger partial charge on any atom is -0.329 e. The standard InChI is InChI=1S/C11H24N2/c1-9(2)8-13(10(3)7-12)11-5-4-6-11/h9-11H,4-8,12H2,1-3H3. The van der Waals surface area contributed by atoms with Crippen LogP contribution in [0.5, 0.6) is 0 Å². The molecule has 0 amide bonds. The lowest BCUT2D eigenvalue weighted by Crippen LogP contribution is -2.49. The molecule has 0 spiro atoms. The molecule has 2 N–H and O–H groups in total. The molecule has 0 radical (unpaired) electrons. The summed E-state index contributed by atoms with van der Waals surface area (Å²) in [6.07, 6.45) is 4.19. The summed E-state index contributed by atoms with van der Waals surface area (Å²) in [6.45, 7) is 8.83. The van der Waals surface area contributed by atoms with Crippen LogP contribution in [-0.2, 0) is 0 Å². The molecule has 0 aliphatic heterocycles. The first kappa shape index (κ1) is 11.0. The van der Waals surface area contributed by atoms with Gasteiger partial charge in [-0.3, -0.25) is 4.90 Å². The summed E-state index contributed by atoms with van der Waals surface area (Å²) < 4.78 is 0. The predicted octanol–water partition coefficient (Wildman–Crippen LogP) is 1.84. The summed E-state index contributed by atoms with van der Waals surface area (Å²) in [5.41, 5.74) is 5.72. The van der Waals surface area contributed by atoms with E-state index in [1.54, 1.807) is 0 Å². The van der Waals surface area contributed by atoms with E-state index in [2.05, 4.69) is 25.7 Å². The van der Waals surface area contributed by atoms with Gasteiger partial charge in [0, 0.05) is 25.2 Å². The lowest BCUT2D eigenvalue weighted by molar-refractivity contribution is 0.0775. The van der Waals surface area contributed by atoms with E-state index in [1.165, 1.54) is 25.8 Å². The quantitative estimate of drug-likeness (QED) is 0.706. The normalized spacial score (nSPS) is 20.8. The highest BCUT2D eigenvalue weighted by molar-refractivity contribution is 4.84. The van der Waals surface area contributed by atoms with E-state index in [1.807, 2.05) is 0 Å². The van der Waals surface area contributed by atoms with Gasteiger partial charge in [-0.05, 0) is 25.7 Å². The Labute approximate surface area is 82.5 Å². The molecule has 0 saturated heterocycles. The Morgan fingerprint density at radius 1 is 1.31 bits per heavy atom. The van der Waals surface area contributed by atoms with Crippen molar-refractivity contribution >= 4 is 0 Å². The zero-order chi connectivity index (χ0) is 9.84. The van der Waals surface area contributed by atoms with Gasteiger partial charge in [-0.15, -0.1) is 0 Å². The van der Waals surface area contributed by atoms with Crippen LogP contribution in [0.2, 0.25) is 0 Å². The van der Waals surface area contributed by atoms with E-state index in [-0.39, 0.29) is 0 Å². The first-order chi connectivity index (χ1) is 6.15. The van der Waals surface area contributed by atoms with E-state index in [0.717, 1.165) is 18.5 Å². The zero-order valence-electron chi connectivity index (χ0n) is 9.29. The Kier molecular flexibility index (Phi) is 4.20. The van der Waals surface area contributed by atoms with Crippen LogP contribution in [0.4, 0.5) is 0 Å². The van der Waals surface area contributed by atoms with Crippen LogP contribution in [0.3, 0.4) is 0 Å². The van der Waals surface area contributed by atoms with Gasteiger partial charge in [-0.2, -0.15) is 0 Å². The maximum Gasteiger partial charge on any atom is 0.0193 e. The molecule has 0 aromatic rings. The molecule has 1 rings (SSSR count). The second kappa shape index (κ2) is 4.97. The van der Waals surface area contributed by atoms with E-state index < -0.39 is 0 Å². The van der Waals surface area contributed by atoms with Crippen molar-refractivity contribution in [3.63, 3.8) is 0 Å². The van der Waals surface area contributed by atoms with E-state index in [9.17, 15) is 0 Å². The van der Waals surface area contributed by atoms with Gasteiger partial charge in [-0.25, -0.2) is 0 Å².